The molecule has 1 amide bonds. The summed E-state index contributed by atoms with van der Waals surface area (Å²) in [7, 11) is 1.47. The van der Waals surface area contributed by atoms with Gasteiger partial charge in [0.05, 0.1) is 12.5 Å². The van der Waals surface area contributed by atoms with Crippen molar-refractivity contribution in [2.24, 2.45) is 0 Å². The minimum Gasteiger partial charge on any atom is -0.464 e. The number of ether oxygens (including phenoxy) is 2. The maximum absolute atomic E-state index is 11.8. The van der Waals surface area contributed by atoms with E-state index in [0.717, 1.165) is 12.8 Å². The zero-order valence-corrected chi connectivity index (χ0v) is 11.1. The van der Waals surface area contributed by atoms with Gasteiger partial charge >= 0.3 is 5.97 Å². The Labute approximate surface area is 106 Å². The van der Waals surface area contributed by atoms with Crippen LogP contribution >= 0.6 is 11.8 Å². The zero-order valence-electron chi connectivity index (χ0n) is 10.3. The highest BCUT2D eigenvalue weighted by molar-refractivity contribution is 7.99. The summed E-state index contributed by atoms with van der Waals surface area (Å²) in [5.74, 6) is 0.693. The van der Waals surface area contributed by atoms with Gasteiger partial charge in [0.2, 0.25) is 5.91 Å². The molecule has 1 fully saturated rings. The van der Waals surface area contributed by atoms with E-state index in [1.54, 1.807) is 11.8 Å². The van der Waals surface area contributed by atoms with Crippen molar-refractivity contribution in [1.29, 1.82) is 0 Å². The lowest BCUT2D eigenvalue weighted by molar-refractivity contribution is -0.154. The van der Waals surface area contributed by atoms with Crippen molar-refractivity contribution in [2.45, 2.75) is 25.8 Å². The number of methoxy groups -OCH3 is 1. The van der Waals surface area contributed by atoms with E-state index >= 15 is 0 Å². The maximum atomic E-state index is 11.8. The minimum absolute atomic E-state index is 0.0132. The molecular weight excluding hydrogens is 242 g/mol. The molecule has 6 heteroatoms. The molecular formula is C11H19NO4S. The number of carbonyl (C=O) groups excluding carboxylic acids is 2. The summed E-state index contributed by atoms with van der Waals surface area (Å²) in [6, 6.07) is -0.445. The second-order valence-electron chi connectivity index (χ2n) is 3.83. The molecule has 98 valence electrons. The standard InChI is InChI=1S/C11H19NO4S/c1-3-4-5-16-11(14)9-7-17-8-12(9)10(13)6-15-2/h9H,3-8H2,1-2H3. The average molecular weight is 261 g/mol. The van der Waals surface area contributed by atoms with Gasteiger partial charge in [-0.3, -0.25) is 4.79 Å². The molecule has 0 aromatic rings. The van der Waals surface area contributed by atoms with Gasteiger partial charge in [-0.15, -0.1) is 11.8 Å². The molecule has 1 atom stereocenters. The van der Waals surface area contributed by atoms with E-state index < -0.39 is 6.04 Å². The average Bonchev–Trinajstić information content (AvgIpc) is 2.78. The van der Waals surface area contributed by atoms with E-state index in [4.69, 9.17) is 9.47 Å². The summed E-state index contributed by atoms with van der Waals surface area (Å²) in [5.41, 5.74) is 0. The van der Waals surface area contributed by atoms with Crippen LogP contribution in [0.25, 0.3) is 0 Å². The molecule has 1 rings (SSSR count). The monoisotopic (exact) mass is 261 g/mol. The third-order valence-electron chi connectivity index (χ3n) is 2.48. The van der Waals surface area contributed by atoms with Crippen LogP contribution < -0.4 is 0 Å². The molecule has 0 spiro atoms. The van der Waals surface area contributed by atoms with E-state index in [0.29, 0.717) is 18.2 Å². The number of thioether (sulfide) groups is 1. The lowest BCUT2D eigenvalue weighted by Crippen LogP contribution is -2.44. The molecule has 1 heterocycles. The first kappa shape index (κ1) is 14.3. The number of amides is 1. The molecule has 17 heavy (non-hydrogen) atoms. The Bertz CT molecular complexity index is 272. The molecule has 0 radical (unpaired) electrons. The highest BCUT2D eigenvalue weighted by Gasteiger charge is 2.35. The minimum atomic E-state index is -0.445. The van der Waals surface area contributed by atoms with Crippen LogP contribution in [0.15, 0.2) is 0 Å². The molecule has 1 aliphatic rings. The number of esters is 1. The molecule has 0 saturated carbocycles. The van der Waals surface area contributed by atoms with Gasteiger partial charge in [0.25, 0.3) is 0 Å². The first-order chi connectivity index (χ1) is 8.20. The third kappa shape index (κ3) is 4.20. The topological polar surface area (TPSA) is 55.8 Å². The largest absolute Gasteiger partial charge is 0.464 e. The Morgan fingerprint density at radius 1 is 1.47 bits per heavy atom. The number of nitrogens with zero attached hydrogens (tertiary/aromatic N) is 1. The highest BCUT2D eigenvalue weighted by Crippen LogP contribution is 2.22. The number of rotatable bonds is 6. The first-order valence-corrected chi connectivity index (χ1v) is 6.89. The Kier molecular flexibility index (Phi) is 6.36. The van der Waals surface area contributed by atoms with Crippen LogP contribution in [0.4, 0.5) is 0 Å². The van der Waals surface area contributed by atoms with Gasteiger partial charge in [-0.05, 0) is 6.42 Å². The van der Waals surface area contributed by atoms with Gasteiger partial charge in [-0.2, -0.15) is 0 Å². The van der Waals surface area contributed by atoms with Gasteiger partial charge in [0.15, 0.2) is 0 Å². The normalized spacial score (nSPS) is 19.4. The second kappa shape index (κ2) is 7.55. The summed E-state index contributed by atoms with van der Waals surface area (Å²) in [5, 5.41) is 0. The maximum Gasteiger partial charge on any atom is 0.329 e. The Balaban J connectivity index is 2.44. The SMILES string of the molecule is CCCCOC(=O)C1CSCN1C(=O)COC. The molecule has 1 unspecified atom stereocenters. The van der Waals surface area contributed by atoms with Gasteiger partial charge in [0.1, 0.15) is 12.6 Å². The van der Waals surface area contributed by atoms with Crippen molar-refractivity contribution in [3.05, 3.63) is 0 Å². The van der Waals surface area contributed by atoms with Crippen molar-refractivity contribution >= 4 is 23.6 Å². The molecule has 0 N–H and O–H groups in total. The fourth-order valence-electron chi connectivity index (χ4n) is 1.50. The molecule has 0 aliphatic carbocycles. The summed E-state index contributed by atoms with van der Waals surface area (Å²) < 4.78 is 9.93. The Hall–Kier alpha value is -0.750. The predicted molar refractivity (Wildman–Crippen MR) is 65.7 cm³/mol. The van der Waals surface area contributed by atoms with Crippen LogP contribution in [0.1, 0.15) is 19.8 Å². The van der Waals surface area contributed by atoms with Crippen LogP contribution in [-0.4, -0.2) is 54.8 Å². The lowest BCUT2D eigenvalue weighted by atomic mass is 10.3. The fraction of sp³-hybridized carbons (Fsp3) is 0.818. The van der Waals surface area contributed by atoms with Crippen LogP contribution in [0, 0.1) is 0 Å². The number of carbonyl (C=O) groups is 2. The van der Waals surface area contributed by atoms with Crippen molar-refractivity contribution in [3.63, 3.8) is 0 Å². The van der Waals surface area contributed by atoms with Gasteiger partial charge in [-0.1, -0.05) is 13.3 Å². The first-order valence-electron chi connectivity index (χ1n) is 5.73. The summed E-state index contributed by atoms with van der Waals surface area (Å²) in [6.45, 7) is 2.48. The molecule has 0 aromatic heterocycles. The van der Waals surface area contributed by atoms with Crippen molar-refractivity contribution in [3.8, 4) is 0 Å². The summed E-state index contributed by atoms with van der Waals surface area (Å²) >= 11 is 1.56. The highest BCUT2D eigenvalue weighted by atomic mass is 32.2. The zero-order chi connectivity index (χ0) is 12.7. The smallest absolute Gasteiger partial charge is 0.329 e. The van der Waals surface area contributed by atoms with Crippen LogP contribution in [0.2, 0.25) is 0 Å². The second-order valence-corrected chi connectivity index (χ2v) is 4.83. The Morgan fingerprint density at radius 3 is 2.88 bits per heavy atom. The van der Waals surface area contributed by atoms with E-state index in [-0.39, 0.29) is 18.5 Å². The third-order valence-corrected chi connectivity index (χ3v) is 3.50. The predicted octanol–water partition coefficient (Wildman–Crippen LogP) is 0.878. The molecule has 1 saturated heterocycles. The van der Waals surface area contributed by atoms with Crippen LogP contribution in [0.3, 0.4) is 0 Å². The van der Waals surface area contributed by atoms with E-state index in [1.165, 1.54) is 12.0 Å². The number of hydrogen-bond donors (Lipinski definition) is 0. The van der Waals surface area contributed by atoms with E-state index in [1.807, 2.05) is 6.92 Å². The van der Waals surface area contributed by atoms with Crippen molar-refractivity contribution < 1.29 is 19.1 Å². The summed E-state index contributed by atoms with van der Waals surface area (Å²) in [4.78, 5) is 25.0. The van der Waals surface area contributed by atoms with Crippen molar-refractivity contribution in [1.82, 2.24) is 4.90 Å². The van der Waals surface area contributed by atoms with Gasteiger partial charge in [0, 0.05) is 12.9 Å². The number of hydrogen-bond acceptors (Lipinski definition) is 5. The lowest BCUT2D eigenvalue weighted by Gasteiger charge is -2.21. The van der Waals surface area contributed by atoms with Crippen LogP contribution in [0.5, 0.6) is 0 Å². The molecule has 0 bridgehead atoms. The molecule has 1 aliphatic heterocycles. The van der Waals surface area contributed by atoms with Crippen LogP contribution in [-0.2, 0) is 19.1 Å². The van der Waals surface area contributed by atoms with E-state index in [9.17, 15) is 9.59 Å². The quantitative estimate of drug-likeness (QED) is 0.525. The van der Waals surface area contributed by atoms with Crippen molar-refractivity contribution in [2.75, 3.05) is 32.0 Å². The molecule has 5 nitrogen and oxygen atoms in total. The van der Waals surface area contributed by atoms with Gasteiger partial charge in [-0.25, -0.2) is 4.79 Å². The fourth-order valence-corrected chi connectivity index (χ4v) is 2.67. The molecule has 0 aromatic carbocycles. The number of unbranched alkanes of at least 4 members (excludes halogenated alkanes) is 1. The summed E-state index contributed by atoms with van der Waals surface area (Å²) in [6.07, 6.45) is 1.84. The van der Waals surface area contributed by atoms with E-state index in [2.05, 4.69) is 0 Å². The Morgan fingerprint density at radius 2 is 2.24 bits per heavy atom. The van der Waals surface area contributed by atoms with Gasteiger partial charge < -0.3 is 14.4 Å².